The number of likely N-dealkylation sites (tertiary alicyclic amines) is 1. The molecule has 0 atom stereocenters. The van der Waals surface area contributed by atoms with Gasteiger partial charge in [-0.05, 0) is 25.0 Å². The first-order valence-electron chi connectivity index (χ1n) is 8.44. The molecule has 3 aromatic rings. The normalized spacial score (nSPS) is 15.8. The summed E-state index contributed by atoms with van der Waals surface area (Å²) in [5.41, 5.74) is 1.74. The number of carbonyl (C=O) groups excluding carboxylic acids is 1. The van der Waals surface area contributed by atoms with Gasteiger partial charge in [-0.1, -0.05) is 23.9 Å². The van der Waals surface area contributed by atoms with Crippen molar-refractivity contribution in [1.82, 2.24) is 19.4 Å². The number of thioether (sulfide) groups is 1. The standard InChI is InChI=1S/C18H20N4O2S/c1-21-11-8-19-18(21)25-12-16(23)22-9-6-13(7-10-22)17-20-14-4-2-3-5-15(14)24-17/h2-5,8,11,13H,6-7,9-10,12H2,1H3. The van der Waals surface area contributed by atoms with Crippen LogP contribution in [0, 0.1) is 0 Å². The van der Waals surface area contributed by atoms with Crippen molar-refractivity contribution in [3.05, 3.63) is 42.5 Å². The number of nitrogens with zero attached hydrogens (tertiary/aromatic N) is 4. The highest BCUT2D eigenvalue weighted by Crippen LogP contribution is 2.30. The molecule has 0 spiro atoms. The summed E-state index contributed by atoms with van der Waals surface area (Å²) < 4.78 is 7.81. The Balaban J connectivity index is 1.33. The lowest BCUT2D eigenvalue weighted by Gasteiger charge is -2.30. The van der Waals surface area contributed by atoms with E-state index in [0.717, 1.165) is 48.1 Å². The average molecular weight is 356 g/mol. The molecule has 1 fully saturated rings. The van der Waals surface area contributed by atoms with Crippen LogP contribution < -0.4 is 0 Å². The van der Waals surface area contributed by atoms with Gasteiger partial charge in [0.15, 0.2) is 16.6 Å². The second kappa shape index (κ2) is 6.92. The molecule has 0 saturated carbocycles. The van der Waals surface area contributed by atoms with Crippen LogP contribution in [-0.4, -0.2) is 44.2 Å². The number of para-hydroxylation sites is 2. The van der Waals surface area contributed by atoms with E-state index in [4.69, 9.17) is 4.42 Å². The molecule has 6 nitrogen and oxygen atoms in total. The number of hydrogen-bond donors (Lipinski definition) is 0. The molecule has 7 heteroatoms. The van der Waals surface area contributed by atoms with E-state index in [1.54, 1.807) is 6.20 Å². The topological polar surface area (TPSA) is 64.2 Å². The van der Waals surface area contributed by atoms with Gasteiger partial charge < -0.3 is 13.9 Å². The second-order valence-electron chi connectivity index (χ2n) is 6.28. The summed E-state index contributed by atoms with van der Waals surface area (Å²) in [6.07, 6.45) is 5.43. The summed E-state index contributed by atoms with van der Waals surface area (Å²) in [7, 11) is 1.94. The van der Waals surface area contributed by atoms with Gasteiger partial charge >= 0.3 is 0 Å². The number of rotatable bonds is 4. The monoisotopic (exact) mass is 356 g/mol. The Morgan fingerprint density at radius 2 is 2.12 bits per heavy atom. The van der Waals surface area contributed by atoms with Gasteiger partial charge in [-0.25, -0.2) is 9.97 Å². The highest BCUT2D eigenvalue weighted by molar-refractivity contribution is 7.99. The number of imidazole rings is 1. The lowest BCUT2D eigenvalue weighted by molar-refractivity contribution is -0.129. The summed E-state index contributed by atoms with van der Waals surface area (Å²) in [5, 5.41) is 0.870. The number of benzene rings is 1. The highest BCUT2D eigenvalue weighted by Gasteiger charge is 2.27. The van der Waals surface area contributed by atoms with E-state index in [2.05, 4.69) is 9.97 Å². The highest BCUT2D eigenvalue weighted by atomic mass is 32.2. The Morgan fingerprint density at radius 1 is 1.32 bits per heavy atom. The molecule has 1 aliphatic heterocycles. The van der Waals surface area contributed by atoms with E-state index in [1.165, 1.54) is 11.8 Å². The van der Waals surface area contributed by atoms with Crippen molar-refractivity contribution in [3.8, 4) is 0 Å². The molecule has 1 amide bonds. The van der Waals surface area contributed by atoms with Crippen LogP contribution in [0.15, 0.2) is 46.2 Å². The predicted molar refractivity (Wildman–Crippen MR) is 96.5 cm³/mol. The molecule has 1 aliphatic rings. The van der Waals surface area contributed by atoms with Crippen LogP contribution >= 0.6 is 11.8 Å². The van der Waals surface area contributed by atoms with E-state index in [-0.39, 0.29) is 5.91 Å². The number of fused-ring (bicyclic) bond motifs is 1. The van der Waals surface area contributed by atoms with Gasteiger partial charge in [0.2, 0.25) is 5.91 Å². The SMILES string of the molecule is Cn1ccnc1SCC(=O)N1CCC(c2nc3ccccc3o2)CC1. The van der Waals surface area contributed by atoms with Crippen molar-refractivity contribution in [2.24, 2.45) is 7.05 Å². The van der Waals surface area contributed by atoms with Crippen LogP contribution in [0.1, 0.15) is 24.7 Å². The molecule has 1 aromatic carbocycles. The zero-order valence-electron chi connectivity index (χ0n) is 14.1. The van der Waals surface area contributed by atoms with Gasteiger partial charge in [-0.2, -0.15) is 0 Å². The number of piperidine rings is 1. The molecule has 2 aromatic heterocycles. The van der Waals surface area contributed by atoms with Crippen LogP contribution in [0.25, 0.3) is 11.1 Å². The van der Waals surface area contributed by atoms with Crippen molar-refractivity contribution in [2.45, 2.75) is 23.9 Å². The molecule has 25 heavy (non-hydrogen) atoms. The summed E-state index contributed by atoms with van der Waals surface area (Å²) in [6, 6.07) is 7.84. The van der Waals surface area contributed by atoms with Crippen LogP contribution in [0.3, 0.4) is 0 Å². The van der Waals surface area contributed by atoms with Crippen LogP contribution in [0.4, 0.5) is 0 Å². The second-order valence-corrected chi connectivity index (χ2v) is 7.23. The molecule has 3 heterocycles. The predicted octanol–water partition coefficient (Wildman–Crippen LogP) is 3.06. The van der Waals surface area contributed by atoms with E-state index >= 15 is 0 Å². The summed E-state index contributed by atoms with van der Waals surface area (Å²) in [6.45, 7) is 1.51. The molecule has 0 N–H and O–H groups in total. The summed E-state index contributed by atoms with van der Waals surface area (Å²) in [5.74, 6) is 1.69. The molecule has 1 saturated heterocycles. The zero-order chi connectivity index (χ0) is 17.2. The number of aromatic nitrogens is 3. The molecule has 4 rings (SSSR count). The third kappa shape index (κ3) is 3.42. The largest absolute Gasteiger partial charge is 0.440 e. The molecular weight excluding hydrogens is 336 g/mol. The van der Waals surface area contributed by atoms with Crippen molar-refractivity contribution in [1.29, 1.82) is 0 Å². The van der Waals surface area contributed by atoms with Gasteiger partial charge in [-0.15, -0.1) is 0 Å². The number of hydrogen-bond acceptors (Lipinski definition) is 5. The smallest absolute Gasteiger partial charge is 0.233 e. The lowest BCUT2D eigenvalue weighted by Crippen LogP contribution is -2.39. The van der Waals surface area contributed by atoms with Crippen molar-refractivity contribution in [3.63, 3.8) is 0 Å². The van der Waals surface area contributed by atoms with Crippen LogP contribution in [0.2, 0.25) is 0 Å². The first kappa shape index (κ1) is 16.2. The van der Waals surface area contributed by atoms with Gasteiger partial charge in [0.05, 0.1) is 5.75 Å². The van der Waals surface area contributed by atoms with Crippen molar-refractivity contribution in [2.75, 3.05) is 18.8 Å². The van der Waals surface area contributed by atoms with Crippen molar-refractivity contribution < 1.29 is 9.21 Å². The lowest BCUT2D eigenvalue weighted by atomic mass is 9.97. The van der Waals surface area contributed by atoms with E-state index in [0.29, 0.717) is 11.7 Å². The zero-order valence-corrected chi connectivity index (χ0v) is 14.9. The fraction of sp³-hybridized carbons (Fsp3) is 0.389. The molecular formula is C18H20N4O2S. The molecule has 0 bridgehead atoms. The fourth-order valence-electron chi connectivity index (χ4n) is 3.15. The van der Waals surface area contributed by atoms with Gasteiger partial charge in [0.25, 0.3) is 0 Å². The Kier molecular flexibility index (Phi) is 4.48. The third-order valence-corrected chi connectivity index (χ3v) is 5.65. The van der Waals surface area contributed by atoms with Crippen LogP contribution in [-0.2, 0) is 11.8 Å². The van der Waals surface area contributed by atoms with Crippen LogP contribution in [0.5, 0.6) is 0 Å². The first-order chi connectivity index (χ1) is 12.2. The van der Waals surface area contributed by atoms with E-state index in [1.807, 2.05) is 47.0 Å². The van der Waals surface area contributed by atoms with Gasteiger partial charge in [0, 0.05) is 38.4 Å². The van der Waals surface area contributed by atoms with Gasteiger partial charge in [-0.3, -0.25) is 4.79 Å². The molecule has 130 valence electrons. The number of amides is 1. The molecule has 0 radical (unpaired) electrons. The molecule has 0 aliphatic carbocycles. The Hall–Kier alpha value is -2.28. The average Bonchev–Trinajstić information content (AvgIpc) is 3.25. The summed E-state index contributed by atoms with van der Waals surface area (Å²) >= 11 is 1.49. The maximum absolute atomic E-state index is 12.4. The summed E-state index contributed by atoms with van der Waals surface area (Å²) in [4.78, 5) is 23.2. The first-order valence-corrected chi connectivity index (χ1v) is 9.42. The fourth-order valence-corrected chi connectivity index (χ4v) is 3.98. The van der Waals surface area contributed by atoms with E-state index < -0.39 is 0 Å². The van der Waals surface area contributed by atoms with E-state index in [9.17, 15) is 4.79 Å². The number of oxazole rings is 1. The quantitative estimate of drug-likeness (QED) is 0.672. The maximum Gasteiger partial charge on any atom is 0.233 e. The van der Waals surface area contributed by atoms with Gasteiger partial charge in [0.1, 0.15) is 5.52 Å². The minimum atomic E-state index is 0.170. The Bertz CT molecular complexity index is 847. The van der Waals surface area contributed by atoms with Crippen molar-refractivity contribution >= 4 is 28.8 Å². The minimum absolute atomic E-state index is 0.170. The third-order valence-electron chi connectivity index (χ3n) is 4.61. The Labute approximate surface area is 150 Å². The Morgan fingerprint density at radius 3 is 2.84 bits per heavy atom. The molecule has 0 unspecified atom stereocenters. The number of aryl methyl sites for hydroxylation is 1. The minimum Gasteiger partial charge on any atom is -0.440 e. The maximum atomic E-state index is 12.4. The number of carbonyl (C=O) groups is 1.